The Bertz CT molecular complexity index is 355. The maximum atomic E-state index is 12.6. The molecule has 0 saturated carbocycles. The number of alkyl halides is 3. The van der Waals surface area contributed by atoms with Gasteiger partial charge in [-0.3, -0.25) is 4.68 Å². The Morgan fingerprint density at radius 2 is 1.93 bits per heavy atom. The quantitative estimate of drug-likeness (QED) is 0.827. The highest BCUT2D eigenvalue weighted by Crippen LogP contribution is 2.36. The molecule has 1 heterocycles. The van der Waals surface area contributed by atoms with Gasteiger partial charge in [-0.2, -0.15) is 18.3 Å². The fourth-order valence-electron chi connectivity index (χ4n) is 1.28. The normalized spacial score (nSPS) is 13.3. The van der Waals surface area contributed by atoms with E-state index in [2.05, 4.69) is 5.10 Å². The molecule has 0 unspecified atom stereocenters. The van der Waals surface area contributed by atoms with Crippen LogP contribution in [0.4, 0.5) is 13.2 Å². The predicted octanol–water partition coefficient (Wildman–Crippen LogP) is 1.71. The molecule has 6 heteroatoms. The first-order valence-electron chi connectivity index (χ1n) is 4.40. The first-order valence-corrected chi connectivity index (χ1v) is 4.40. The molecule has 0 aromatic carbocycles. The Labute approximate surface area is 85.5 Å². The number of aliphatic hydroxyl groups is 1. The first kappa shape index (κ1) is 12.0. The van der Waals surface area contributed by atoms with E-state index in [1.807, 2.05) is 0 Å². The zero-order valence-electron chi connectivity index (χ0n) is 8.76. The number of aliphatic hydroxyl groups excluding tert-OH is 1. The van der Waals surface area contributed by atoms with Gasteiger partial charge in [0.25, 0.3) is 0 Å². The summed E-state index contributed by atoms with van der Waals surface area (Å²) < 4.78 is 38.8. The monoisotopic (exact) mass is 222 g/mol. The van der Waals surface area contributed by atoms with Gasteiger partial charge >= 0.3 is 6.18 Å². The Kier molecular flexibility index (Phi) is 2.82. The topological polar surface area (TPSA) is 38.0 Å². The van der Waals surface area contributed by atoms with Crippen molar-refractivity contribution >= 4 is 0 Å². The Balaban J connectivity index is 3.30. The van der Waals surface area contributed by atoms with Gasteiger partial charge in [-0.25, -0.2) is 0 Å². The molecule has 0 aliphatic rings. The lowest BCUT2D eigenvalue weighted by atomic mass is 9.86. The minimum atomic E-state index is -4.48. The maximum absolute atomic E-state index is 12.6. The van der Waals surface area contributed by atoms with E-state index in [1.54, 1.807) is 13.8 Å². The summed E-state index contributed by atoms with van der Waals surface area (Å²) in [5.41, 5.74) is -1.86. The SMILES string of the molecule is Cn1cc(C(C)(C)CO)c(C(F)(F)F)n1. The number of aryl methyl sites for hydroxylation is 1. The minimum Gasteiger partial charge on any atom is -0.395 e. The van der Waals surface area contributed by atoms with E-state index in [-0.39, 0.29) is 12.2 Å². The van der Waals surface area contributed by atoms with Crippen molar-refractivity contribution in [3.8, 4) is 0 Å². The summed E-state index contributed by atoms with van der Waals surface area (Å²) in [6, 6.07) is 0. The zero-order chi connectivity index (χ0) is 11.9. The predicted molar refractivity (Wildman–Crippen MR) is 48.3 cm³/mol. The van der Waals surface area contributed by atoms with Crippen molar-refractivity contribution in [2.45, 2.75) is 25.4 Å². The third-order valence-corrected chi connectivity index (χ3v) is 2.22. The molecule has 86 valence electrons. The average Bonchev–Trinajstić information content (AvgIpc) is 2.47. The van der Waals surface area contributed by atoms with Crippen LogP contribution in [0.25, 0.3) is 0 Å². The number of rotatable bonds is 2. The molecule has 0 spiro atoms. The van der Waals surface area contributed by atoms with Crippen molar-refractivity contribution in [2.24, 2.45) is 7.05 Å². The Hall–Kier alpha value is -1.04. The number of nitrogens with zero attached hydrogens (tertiary/aromatic N) is 2. The van der Waals surface area contributed by atoms with Crippen LogP contribution < -0.4 is 0 Å². The van der Waals surface area contributed by atoms with Gasteiger partial charge in [0.15, 0.2) is 5.69 Å². The van der Waals surface area contributed by atoms with Crippen LogP contribution in [0.1, 0.15) is 25.1 Å². The molecule has 3 nitrogen and oxygen atoms in total. The molecule has 1 aromatic heterocycles. The second-order valence-electron chi connectivity index (χ2n) is 4.10. The maximum Gasteiger partial charge on any atom is 0.435 e. The first-order chi connectivity index (χ1) is 6.68. The smallest absolute Gasteiger partial charge is 0.395 e. The van der Waals surface area contributed by atoms with E-state index >= 15 is 0 Å². The molecule has 1 N–H and O–H groups in total. The second kappa shape index (κ2) is 3.52. The van der Waals surface area contributed by atoms with Crippen molar-refractivity contribution in [1.82, 2.24) is 9.78 Å². The van der Waals surface area contributed by atoms with E-state index in [0.29, 0.717) is 0 Å². The summed E-state index contributed by atoms with van der Waals surface area (Å²) in [4.78, 5) is 0. The fraction of sp³-hybridized carbons (Fsp3) is 0.667. The number of hydrogen-bond donors (Lipinski definition) is 1. The zero-order valence-corrected chi connectivity index (χ0v) is 8.76. The van der Waals surface area contributed by atoms with Crippen LogP contribution in [0.5, 0.6) is 0 Å². The van der Waals surface area contributed by atoms with Crippen molar-refractivity contribution in [2.75, 3.05) is 6.61 Å². The van der Waals surface area contributed by atoms with Crippen molar-refractivity contribution in [3.05, 3.63) is 17.5 Å². The van der Waals surface area contributed by atoms with Gasteiger partial charge in [-0.15, -0.1) is 0 Å². The summed E-state index contributed by atoms with van der Waals surface area (Å²) in [6.45, 7) is 2.72. The summed E-state index contributed by atoms with van der Waals surface area (Å²) in [5.74, 6) is 0. The van der Waals surface area contributed by atoms with Gasteiger partial charge in [-0.1, -0.05) is 13.8 Å². The largest absolute Gasteiger partial charge is 0.435 e. The minimum absolute atomic E-state index is 0.0139. The molecule has 1 rings (SSSR count). The van der Waals surface area contributed by atoms with E-state index in [4.69, 9.17) is 5.11 Å². The van der Waals surface area contributed by atoms with Crippen LogP contribution in [0.3, 0.4) is 0 Å². The lowest BCUT2D eigenvalue weighted by Gasteiger charge is -2.22. The molecule has 0 amide bonds. The van der Waals surface area contributed by atoms with E-state index in [1.165, 1.54) is 13.2 Å². The highest BCUT2D eigenvalue weighted by atomic mass is 19.4. The molecule has 0 saturated heterocycles. The van der Waals surface area contributed by atoms with Crippen LogP contribution in [0.15, 0.2) is 6.20 Å². The highest BCUT2D eigenvalue weighted by Gasteiger charge is 2.40. The molecule has 0 fully saturated rings. The van der Waals surface area contributed by atoms with Crippen molar-refractivity contribution < 1.29 is 18.3 Å². The van der Waals surface area contributed by atoms with E-state index in [0.717, 1.165) is 4.68 Å². The molecule has 0 bridgehead atoms. The Morgan fingerprint density at radius 1 is 1.40 bits per heavy atom. The Morgan fingerprint density at radius 3 is 2.33 bits per heavy atom. The molecule has 1 aromatic rings. The van der Waals surface area contributed by atoms with Crippen LogP contribution in [0, 0.1) is 0 Å². The highest BCUT2D eigenvalue weighted by molar-refractivity contribution is 5.28. The summed E-state index contributed by atoms with van der Waals surface area (Å²) in [7, 11) is 1.42. The van der Waals surface area contributed by atoms with Gasteiger partial charge in [0.05, 0.1) is 6.61 Å². The number of hydrogen-bond acceptors (Lipinski definition) is 2. The second-order valence-corrected chi connectivity index (χ2v) is 4.10. The summed E-state index contributed by atoms with van der Waals surface area (Å²) in [5, 5.41) is 12.4. The lowest BCUT2D eigenvalue weighted by molar-refractivity contribution is -0.142. The molecule has 0 radical (unpaired) electrons. The van der Waals surface area contributed by atoms with E-state index in [9.17, 15) is 13.2 Å². The molecule has 15 heavy (non-hydrogen) atoms. The van der Waals surface area contributed by atoms with Gasteiger partial charge < -0.3 is 5.11 Å². The van der Waals surface area contributed by atoms with Gasteiger partial charge in [0, 0.05) is 24.2 Å². The van der Waals surface area contributed by atoms with Crippen molar-refractivity contribution in [3.63, 3.8) is 0 Å². The van der Waals surface area contributed by atoms with Gasteiger partial charge in [0.2, 0.25) is 0 Å². The molecular formula is C9H13F3N2O. The van der Waals surface area contributed by atoms with Gasteiger partial charge in [0.1, 0.15) is 0 Å². The van der Waals surface area contributed by atoms with Crippen molar-refractivity contribution in [1.29, 1.82) is 0 Å². The molecule has 0 aliphatic heterocycles. The number of aromatic nitrogens is 2. The molecular weight excluding hydrogens is 209 g/mol. The average molecular weight is 222 g/mol. The summed E-state index contributed by atoms with van der Waals surface area (Å²) >= 11 is 0. The van der Waals surface area contributed by atoms with Crippen LogP contribution >= 0.6 is 0 Å². The van der Waals surface area contributed by atoms with Crippen LogP contribution in [-0.4, -0.2) is 21.5 Å². The summed E-state index contributed by atoms with van der Waals surface area (Å²) in [6.07, 6.45) is -3.19. The lowest BCUT2D eigenvalue weighted by Crippen LogP contribution is -2.25. The number of halogens is 3. The fourth-order valence-corrected chi connectivity index (χ4v) is 1.28. The van der Waals surface area contributed by atoms with Crippen LogP contribution in [-0.2, 0) is 18.6 Å². The third kappa shape index (κ3) is 2.31. The van der Waals surface area contributed by atoms with E-state index < -0.39 is 17.3 Å². The molecule has 0 aliphatic carbocycles. The molecule has 0 atom stereocenters. The van der Waals surface area contributed by atoms with Gasteiger partial charge in [-0.05, 0) is 0 Å². The third-order valence-electron chi connectivity index (χ3n) is 2.22. The van der Waals surface area contributed by atoms with Crippen LogP contribution in [0.2, 0.25) is 0 Å². The standard InChI is InChI=1S/C9H13F3N2O/c1-8(2,5-15)6-4-14(3)13-7(6)9(10,11)12/h4,15H,5H2,1-3H3.